The number of hydrogen-bond acceptors (Lipinski definition) is 1. The van der Waals surface area contributed by atoms with Crippen molar-refractivity contribution in [3.05, 3.63) is 33.5 Å². The summed E-state index contributed by atoms with van der Waals surface area (Å²) in [4.78, 5) is 0. The summed E-state index contributed by atoms with van der Waals surface area (Å²) in [6.45, 7) is 0. The summed E-state index contributed by atoms with van der Waals surface area (Å²) in [6.07, 6.45) is 1.92. The van der Waals surface area contributed by atoms with Gasteiger partial charge in [0.15, 0.2) is 0 Å². The fourth-order valence-electron chi connectivity index (χ4n) is 0.938. The summed E-state index contributed by atoms with van der Waals surface area (Å²) in [5, 5.41) is 4.20. The van der Waals surface area contributed by atoms with E-state index in [0.29, 0.717) is 0 Å². The summed E-state index contributed by atoms with van der Waals surface area (Å²) in [5.74, 6) is 0. The maximum absolute atomic E-state index is 4.20. The van der Waals surface area contributed by atoms with E-state index < -0.39 is 0 Å². The smallest absolute Gasteiger partial charge is 0.127 e. The fourth-order valence-corrected chi connectivity index (χ4v) is 1.67. The van der Waals surface area contributed by atoms with Crippen molar-refractivity contribution in [1.29, 1.82) is 0 Å². The van der Waals surface area contributed by atoms with Crippen LogP contribution in [-0.2, 0) is 0 Å². The van der Waals surface area contributed by atoms with Gasteiger partial charge in [-0.05, 0) is 50.1 Å². The van der Waals surface area contributed by atoms with Crippen LogP contribution >= 0.6 is 31.9 Å². The van der Waals surface area contributed by atoms with Crippen molar-refractivity contribution in [3.8, 4) is 0 Å². The average Bonchev–Trinajstić information content (AvgIpc) is 2.27. The Labute approximate surface area is 80.5 Å². The minimum Gasteiger partial charge on any atom is -0.239 e. The van der Waals surface area contributed by atoms with Crippen LogP contribution in [0.2, 0.25) is 0 Å². The average molecular weight is 276 g/mol. The largest absolute Gasteiger partial charge is 0.239 e. The molecule has 0 aliphatic carbocycles. The summed E-state index contributed by atoms with van der Waals surface area (Å²) < 4.78 is 3.70. The molecule has 4 heteroatoms. The zero-order valence-electron chi connectivity index (χ0n) is 5.46. The Kier molecular flexibility index (Phi) is 1.73. The van der Waals surface area contributed by atoms with Crippen molar-refractivity contribution in [2.75, 3.05) is 0 Å². The lowest BCUT2D eigenvalue weighted by Gasteiger charge is -1.91. The summed E-state index contributed by atoms with van der Waals surface area (Å²) in [7, 11) is 0. The van der Waals surface area contributed by atoms with E-state index in [1.807, 2.05) is 28.9 Å². The van der Waals surface area contributed by atoms with Crippen molar-refractivity contribution in [2.45, 2.75) is 0 Å². The molecule has 0 saturated heterocycles. The molecule has 2 aromatic heterocycles. The van der Waals surface area contributed by atoms with Crippen molar-refractivity contribution in [2.24, 2.45) is 0 Å². The molecule has 2 nitrogen and oxygen atoms in total. The monoisotopic (exact) mass is 274 g/mol. The van der Waals surface area contributed by atoms with Gasteiger partial charge in [-0.1, -0.05) is 0 Å². The van der Waals surface area contributed by atoms with Crippen LogP contribution in [0, 0.1) is 0 Å². The molecule has 0 unspecified atom stereocenters. The molecule has 0 atom stereocenters. The van der Waals surface area contributed by atoms with E-state index in [4.69, 9.17) is 0 Å². The second-order valence-electron chi connectivity index (χ2n) is 2.18. The van der Waals surface area contributed by atoms with Crippen LogP contribution in [0.3, 0.4) is 0 Å². The van der Waals surface area contributed by atoms with Crippen LogP contribution in [0.15, 0.2) is 33.5 Å². The molecule has 0 spiro atoms. The molecule has 2 aromatic rings. The first-order valence-electron chi connectivity index (χ1n) is 3.06. The van der Waals surface area contributed by atoms with Gasteiger partial charge in [0.05, 0.1) is 5.52 Å². The van der Waals surface area contributed by atoms with E-state index in [2.05, 4.69) is 37.0 Å². The Balaban J connectivity index is 2.82. The van der Waals surface area contributed by atoms with E-state index in [9.17, 15) is 0 Å². The van der Waals surface area contributed by atoms with Gasteiger partial charge in [0, 0.05) is 10.7 Å². The third-order valence-electron chi connectivity index (χ3n) is 1.39. The Hall–Kier alpha value is -0.350. The van der Waals surface area contributed by atoms with E-state index in [1.165, 1.54) is 0 Å². The van der Waals surface area contributed by atoms with Crippen molar-refractivity contribution >= 4 is 37.4 Å². The molecule has 0 bridgehead atoms. The molecular weight excluding hydrogens is 272 g/mol. The fraction of sp³-hybridized carbons (Fsp3) is 0. The number of halogens is 2. The molecule has 2 heterocycles. The predicted octanol–water partition coefficient (Wildman–Crippen LogP) is 2.86. The maximum atomic E-state index is 4.20. The van der Waals surface area contributed by atoms with E-state index in [1.54, 1.807) is 0 Å². The van der Waals surface area contributed by atoms with Crippen molar-refractivity contribution in [3.63, 3.8) is 0 Å². The molecule has 0 aromatic carbocycles. The van der Waals surface area contributed by atoms with E-state index >= 15 is 0 Å². The first kappa shape index (κ1) is 7.31. The molecule has 0 amide bonds. The number of rotatable bonds is 0. The lowest BCUT2D eigenvalue weighted by molar-refractivity contribution is 0.920. The first-order chi connectivity index (χ1) is 5.25. The van der Waals surface area contributed by atoms with Crippen LogP contribution in [0.25, 0.3) is 5.52 Å². The predicted molar refractivity (Wildman–Crippen MR) is 50.6 cm³/mol. The minimum atomic E-state index is 0.841. The van der Waals surface area contributed by atoms with Gasteiger partial charge in [0.25, 0.3) is 0 Å². The zero-order chi connectivity index (χ0) is 7.84. The second-order valence-corrected chi connectivity index (χ2v) is 3.91. The van der Waals surface area contributed by atoms with E-state index in [0.717, 1.165) is 14.6 Å². The highest BCUT2D eigenvalue weighted by molar-refractivity contribution is 9.10. The van der Waals surface area contributed by atoms with Gasteiger partial charge in [-0.15, -0.1) is 0 Å². The number of aromatic nitrogens is 2. The summed E-state index contributed by atoms with van der Waals surface area (Å²) in [6, 6.07) is 5.93. The Morgan fingerprint density at radius 2 is 2.09 bits per heavy atom. The molecule has 56 valence electrons. The van der Waals surface area contributed by atoms with Crippen LogP contribution in [0.5, 0.6) is 0 Å². The van der Waals surface area contributed by atoms with Gasteiger partial charge < -0.3 is 0 Å². The van der Waals surface area contributed by atoms with Gasteiger partial charge in [0.2, 0.25) is 0 Å². The van der Waals surface area contributed by atoms with Crippen LogP contribution in [-0.4, -0.2) is 9.61 Å². The van der Waals surface area contributed by atoms with Gasteiger partial charge in [0.1, 0.15) is 4.60 Å². The van der Waals surface area contributed by atoms with E-state index in [-0.39, 0.29) is 0 Å². The van der Waals surface area contributed by atoms with Gasteiger partial charge >= 0.3 is 0 Å². The third-order valence-corrected chi connectivity index (χ3v) is 2.25. The molecule has 2 rings (SSSR count). The van der Waals surface area contributed by atoms with Crippen molar-refractivity contribution < 1.29 is 0 Å². The zero-order valence-corrected chi connectivity index (χ0v) is 8.63. The molecule has 0 fully saturated rings. The molecule has 0 radical (unpaired) electrons. The lowest BCUT2D eigenvalue weighted by Crippen LogP contribution is -1.87. The Morgan fingerprint density at radius 3 is 2.91 bits per heavy atom. The highest BCUT2D eigenvalue weighted by atomic mass is 79.9. The van der Waals surface area contributed by atoms with Gasteiger partial charge in [-0.2, -0.15) is 5.10 Å². The summed E-state index contributed by atoms with van der Waals surface area (Å²) in [5.41, 5.74) is 1.08. The lowest BCUT2D eigenvalue weighted by atomic mass is 10.5. The SMILES string of the molecule is Brc1cc2ccc(Br)nn2c1. The van der Waals surface area contributed by atoms with Gasteiger partial charge in [-0.3, -0.25) is 0 Å². The van der Waals surface area contributed by atoms with Crippen LogP contribution < -0.4 is 0 Å². The topological polar surface area (TPSA) is 17.3 Å². The molecule has 11 heavy (non-hydrogen) atoms. The van der Waals surface area contributed by atoms with Crippen LogP contribution in [0.1, 0.15) is 0 Å². The number of hydrogen-bond donors (Lipinski definition) is 0. The number of nitrogens with zero attached hydrogens (tertiary/aromatic N) is 2. The molecule has 0 aliphatic rings. The van der Waals surface area contributed by atoms with Crippen molar-refractivity contribution in [1.82, 2.24) is 9.61 Å². The quantitative estimate of drug-likeness (QED) is 0.723. The van der Waals surface area contributed by atoms with Crippen LogP contribution in [0.4, 0.5) is 0 Å². The second kappa shape index (κ2) is 2.60. The van der Waals surface area contributed by atoms with Gasteiger partial charge in [-0.25, -0.2) is 4.52 Å². The molecular formula is C7H4Br2N2. The Morgan fingerprint density at radius 1 is 1.27 bits per heavy atom. The molecule has 0 aliphatic heterocycles. The normalized spacial score (nSPS) is 10.7. The molecule has 0 N–H and O–H groups in total. The highest BCUT2D eigenvalue weighted by Gasteiger charge is 1.96. The Bertz CT molecular complexity index is 394. The first-order valence-corrected chi connectivity index (χ1v) is 4.65. The highest BCUT2D eigenvalue weighted by Crippen LogP contribution is 2.15. The molecule has 0 saturated carbocycles. The third kappa shape index (κ3) is 1.32. The standard InChI is InChI=1S/C7H4Br2N2/c8-5-3-6-1-2-7(9)10-11(6)4-5/h1-4H. The number of fused-ring (bicyclic) bond motifs is 1. The summed E-state index contributed by atoms with van der Waals surface area (Å²) >= 11 is 6.67. The minimum absolute atomic E-state index is 0.841. The maximum Gasteiger partial charge on any atom is 0.127 e.